The second-order valence-electron chi connectivity index (χ2n) is 6.17. The molecule has 1 amide bonds. The number of rotatable bonds is 7. The van der Waals surface area contributed by atoms with Gasteiger partial charge in [0.1, 0.15) is 0 Å². The summed E-state index contributed by atoms with van der Waals surface area (Å²) in [4.78, 5) is 14.4. The highest BCUT2D eigenvalue weighted by atomic mass is 16.5. The maximum absolute atomic E-state index is 12.4. The van der Waals surface area contributed by atoms with E-state index in [1.165, 1.54) is 0 Å². The molecular formula is C20H26N2O3. The van der Waals surface area contributed by atoms with Crippen LogP contribution >= 0.6 is 0 Å². The fraction of sp³-hybridized carbons (Fsp3) is 0.350. The van der Waals surface area contributed by atoms with E-state index in [9.17, 15) is 4.79 Å². The third-order valence-electron chi connectivity index (χ3n) is 4.19. The van der Waals surface area contributed by atoms with Crippen molar-refractivity contribution in [1.82, 2.24) is 10.2 Å². The number of ether oxygens (including phenoxy) is 2. The molecule has 1 N–H and O–H groups in total. The third-order valence-corrected chi connectivity index (χ3v) is 4.19. The fourth-order valence-electron chi connectivity index (χ4n) is 2.66. The monoisotopic (exact) mass is 342 g/mol. The van der Waals surface area contributed by atoms with Crippen molar-refractivity contribution >= 4 is 5.91 Å². The van der Waals surface area contributed by atoms with Crippen LogP contribution in [0.2, 0.25) is 0 Å². The maximum atomic E-state index is 12.4. The quantitative estimate of drug-likeness (QED) is 0.840. The number of nitrogens with zero attached hydrogens (tertiary/aromatic N) is 1. The fourth-order valence-corrected chi connectivity index (χ4v) is 2.66. The summed E-state index contributed by atoms with van der Waals surface area (Å²) in [6.07, 6.45) is 0. The molecule has 0 bridgehead atoms. The summed E-state index contributed by atoms with van der Waals surface area (Å²) in [5.74, 6) is 1.29. The Bertz CT molecular complexity index is 711. The first kappa shape index (κ1) is 18.8. The van der Waals surface area contributed by atoms with E-state index in [0.29, 0.717) is 23.6 Å². The van der Waals surface area contributed by atoms with Crippen molar-refractivity contribution in [3.05, 3.63) is 59.2 Å². The average molecular weight is 342 g/mol. The van der Waals surface area contributed by atoms with Crippen LogP contribution in [0.4, 0.5) is 0 Å². The zero-order valence-corrected chi connectivity index (χ0v) is 15.5. The van der Waals surface area contributed by atoms with E-state index in [1.54, 1.807) is 14.2 Å². The topological polar surface area (TPSA) is 50.8 Å². The van der Waals surface area contributed by atoms with Gasteiger partial charge in [-0.3, -0.25) is 4.79 Å². The van der Waals surface area contributed by atoms with Crippen molar-refractivity contribution in [3.8, 4) is 11.5 Å². The molecule has 2 rings (SSSR count). The van der Waals surface area contributed by atoms with Gasteiger partial charge in [-0.15, -0.1) is 0 Å². The van der Waals surface area contributed by atoms with Gasteiger partial charge in [-0.25, -0.2) is 0 Å². The molecule has 0 aliphatic rings. The zero-order valence-electron chi connectivity index (χ0n) is 15.5. The zero-order chi connectivity index (χ0) is 18.4. The van der Waals surface area contributed by atoms with Gasteiger partial charge in [-0.1, -0.05) is 23.8 Å². The predicted octanol–water partition coefficient (Wildman–Crippen LogP) is 3.04. The van der Waals surface area contributed by atoms with Crippen LogP contribution in [-0.2, 0) is 0 Å². The van der Waals surface area contributed by atoms with E-state index in [4.69, 9.17) is 9.47 Å². The highest BCUT2D eigenvalue weighted by Gasteiger charge is 2.18. The van der Waals surface area contributed by atoms with Crippen molar-refractivity contribution in [2.75, 3.05) is 34.9 Å². The molecule has 0 radical (unpaired) electrons. The summed E-state index contributed by atoms with van der Waals surface area (Å²) in [5.41, 5.74) is 2.84. The molecule has 0 spiro atoms. The number of carbonyl (C=O) groups excluding carboxylic acids is 1. The molecule has 1 unspecified atom stereocenters. The Morgan fingerprint density at radius 2 is 1.68 bits per heavy atom. The molecule has 134 valence electrons. The first-order valence-corrected chi connectivity index (χ1v) is 8.19. The molecule has 5 heteroatoms. The Morgan fingerprint density at radius 1 is 1.04 bits per heavy atom. The van der Waals surface area contributed by atoms with Gasteiger partial charge in [-0.2, -0.15) is 0 Å². The van der Waals surface area contributed by atoms with Crippen molar-refractivity contribution in [2.24, 2.45) is 0 Å². The lowest BCUT2D eigenvalue weighted by Gasteiger charge is -2.26. The van der Waals surface area contributed by atoms with E-state index < -0.39 is 0 Å². The summed E-state index contributed by atoms with van der Waals surface area (Å²) < 4.78 is 10.7. The lowest BCUT2D eigenvalue weighted by molar-refractivity contribution is 0.0942. The Labute approximate surface area is 149 Å². The van der Waals surface area contributed by atoms with Gasteiger partial charge >= 0.3 is 0 Å². The highest BCUT2D eigenvalue weighted by molar-refractivity contribution is 5.94. The van der Waals surface area contributed by atoms with E-state index in [0.717, 1.165) is 11.1 Å². The van der Waals surface area contributed by atoms with Gasteiger partial charge in [-0.05, 0) is 50.8 Å². The SMILES string of the molecule is COc1ccc(C(CNC(=O)c2ccc(C)cc2)N(C)C)cc1OC. The van der Waals surface area contributed by atoms with Crippen LogP contribution in [0.1, 0.15) is 27.5 Å². The Kier molecular flexibility index (Phi) is 6.42. The van der Waals surface area contributed by atoms with Gasteiger partial charge in [0.25, 0.3) is 5.91 Å². The second kappa shape index (κ2) is 8.53. The molecule has 2 aromatic carbocycles. The third kappa shape index (κ3) is 4.73. The van der Waals surface area contributed by atoms with E-state index in [-0.39, 0.29) is 11.9 Å². The number of methoxy groups -OCH3 is 2. The van der Waals surface area contributed by atoms with Crippen LogP contribution in [0.3, 0.4) is 0 Å². The molecule has 0 saturated carbocycles. The normalized spacial score (nSPS) is 11.9. The second-order valence-corrected chi connectivity index (χ2v) is 6.17. The van der Waals surface area contributed by atoms with Crippen LogP contribution in [0.25, 0.3) is 0 Å². The van der Waals surface area contributed by atoms with Crippen LogP contribution in [0.5, 0.6) is 11.5 Å². The number of amides is 1. The molecule has 0 fully saturated rings. The lowest BCUT2D eigenvalue weighted by atomic mass is 10.0. The first-order chi connectivity index (χ1) is 12.0. The molecule has 5 nitrogen and oxygen atoms in total. The van der Waals surface area contributed by atoms with Crippen molar-refractivity contribution < 1.29 is 14.3 Å². The summed E-state index contributed by atoms with van der Waals surface area (Å²) in [5, 5.41) is 3.01. The largest absolute Gasteiger partial charge is 0.493 e. The predicted molar refractivity (Wildman–Crippen MR) is 99.5 cm³/mol. The van der Waals surface area contributed by atoms with Gasteiger partial charge in [0.15, 0.2) is 11.5 Å². The van der Waals surface area contributed by atoms with Gasteiger partial charge in [0.2, 0.25) is 0 Å². The molecule has 0 aliphatic heterocycles. The summed E-state index contributed by atoms with van der Waals surface area (Å²) >= 11 is 0. The number of likely N-dealkylation sites (N-methyl/N-ethyl adjacent to an activating group) is 1. The number of carbonyl (C=O) groups is 1. The number of aryl methyl sites for hydroxylation is 1. The van der Waals surface area contributed by atoms with Crippen molar-refractivity contribution in [1.29, 1.82) is 0 Å². The minimum atomic E-state index is -0.0765. The summed E-state index contributed by atoms with van der Waals surface area (Å²) in [7, 11) is 7.20. The highest BCUT2D eigenvalue weighted by Crippen LogP contribution is 2.31. The first-order valence-electron chi connectivity index (χ1n) is 8.19. The van der Waals surface area contributed by atoms with Crippen molar-refractivity contribution in [3.63, 3.8) is 0 Å². The van der Waals surface area contributed by atoms with Crippen LogP contribution in [-0.4, -0.2) is 45.7 Å². The Morgan fingerprint density at radius 3 is 2.24 bits per heavy atom. The van der Waals surface area contributed by atoms with E-state index in [1.807, 2.05) is 63.5 Å². The Hall–Kier alpha value is -2.53. The number of benzene rings is 2. The van der Waals surface area contributed by atoms with E-state index >= 15 is 0 Å². The molecule has 0 heterocycles. The maximum Gasteiger partial charge on any atom is 0.251 e. The summed E-state index contributed by atoms with van der Waals surface area (Å²) in [6, 6.07) is 13.4. The van der Waals surface area contributed by atoms with Crippen LogP contribution in [0.15, 0.2) is 42.5 Å². The number of hydrogen-bond acceptors (Lipinski definition) is 4. The molecule has 25 heavy (non-hydrogen) atoms. The van der Waals surface area contributed by atoms with Gasteiger partial charge in [0.05, 0.1) is 20.3 Å². The molecule has 2 aromatic rings. The number of nitrogens with one attached hydrogen (secondary N) is 1. The molecule has 1 atom stereocenters. The van der Waals surface area contributed by atoms with Gasteiger partial charge in [0, 0.05) is 12.1 Å². The molecule has 0 aliphatic carbocycles. The van der Waals surface area contributed by atoms with Crippen LogP contribution < -0.4 is 14.8 Å². The lowest BCUT2D eigenvalue weighted by Crippen LogP contribution is -2.34. The molecular weight excluding hydrogens is 316 g/mol. The minimum Gasteiger partial charge on any atom is -0.493 e. The average Bonchev–Trinajstić information content (AvgIpc) is 2.61. The van der Waals surface area contributed by atoms with E-state index in [2.05, 4.69) is 10.2 Å². The smallest absolute Gasteiger partial charge is 0.251 e. The van der Waals surface area contributed by atoms with Gasteiger partial charge < -0.3 is 19.7 Å². The van der Waals surface area contributed by atoms with Crippen molar-refractivity contribution in [2.45, 2.75) is 13.0 Å². The molecule has 0 saturated heterocycles. The minimum absolute atomic E-state index is 0.0224. The molecule has 0 aromatic heterocycles. The summed E-state index contributed by atoms with van der Waals surface area (Å²) in [6.45, 7) is 2.50. The van der Waals surface area contributed by atoms with Crippen LogP contribution in [0, 0.1) is 6.92 Å². The standard InChI is InChI=1S/C20H26N2O3/c1-14-6-8-15(9-7-14)20(23)21-13-17(22(2)3)16-10-11-18(24-4)19(12-16)25-5/h6-12,17H,13H2,1-5H3,(H,21,23). The Balaban J connectivity index is 2.13. The number of hydrogen-bond donors (Lipinski definition) is 1.